The molecular formula is C15H8BrClFNO. The Kier molecular flexibility index (Phi) is 4.53. The summed E-state index contributed by atoms with van der Waals surface area (Å²) in [5.41, 5.74) is 0.232. The van der Waals surface area contributed by atoms with Crippen molar-refractivity contribution in [1.82, 2.24) is 0 Å². The summed E-state index contributed by atoms with van der Waals surface area (Å²) in [6.45, 7) is 0. The SMILES string of the molecule is N#CC(C(=O)c1ccccc1Br)c1c(F)cccc1Cl. The van der Waals surface area contributed by atoms with E-state index in [1.807, 2.05) is 6.07 Å². The third-order valence-corrected chi connectivity index (χ3v) is 3.84. The van der Waals surface area contributed by atoms with Gasteiger partial charge in [-0.2, -0.15) is 5.26 Å². The Morgan fingerprint density at radius 2 is 1.95 bits per heavy atom. The summed E-state index contributed by atoms with van der Waals surface area (Å²) in [5, 5.41) is 9.31. The molecule has 100 valence electrons. The average molecular weight is 353 g/mol. The van der Waals surface area contributed by atoms with Gasteiger partial charge in [0.1, 0.15) is 11.7 Å². The molecule has 5 heteroatoms. The number of ketones is 1. The first-order chi connectivity index (χ1) is 9.56. The lowest BCUT2D eigenvalue weighted by atomic mass is 9.91. The van der Waals surface area contributed by atoms with Gasteiger partial charge in [-0.05, 0) is 18.2 Å². The van der Waals surface area contributed by atoms with Crippen molar-refractivity contribution in [3.8, 4) is 6.07 Å². The second-order valence-corrected chi connectivity index (χ2v) is 5.30. The maximum atomic E-state index is 13.9. The Bertz CT molecular complexity index is 691. The summed E-state index contributed by atoms with van der Waals surface area (Å²) in [6.07, 6.45) is 0. The number of hydrogen-bond acceptors (Lipinski definition) is 2. The number of hydrogen-bond donors (Lipinski definition) is 0. The maximum Gasteiger partial charge on any atom is 0.185 e. The Morgan fingerprint density at radius 3 is 2.55 bits per heavy atom. The van der Waals surface area contributed by atoms with Crippen LogP contribution >= 0.6 is 27.5 Å². The highest BCUT2D eigenvalue weighted by Gasteiger charge is 2.27. The Hall–Kier alpha value is -1.70. The van der Waals surface area contributed by atoms with E-state index in [1.165, 1.54) is 18.2 Å². The zero-order valence-corrected chi connectivity index (χ0v) is 12.5. The van der Waals surface area contributed by atoms with Crippen LogP contribution in [0.15, 0.2) is 46.9 Å². The smallest absolute Gasteiger partial charge is 0.185 e. The van der Waals surface area contributed by atoms with Crippen LogP contribution in [-0.2, 0) is 0 Å². The van der Waals surface area contributed by atoms with Crippen molar-refractivity contribution >= 4 is 33.3 Å². The summed E-state index contributed by atoms with van der Waals surface area (Å²) >= 11 is 9.17. The van der Waals surface area contributed by atoms with Crippen LogP contribution < -0.4 is 0 Å². The molecule has 2 aromatic carbocycles. The van der Waals surface area contributed by atoms with E-state index in [0.717, 1.165) is 0 Å². The molecule has 2 rings (SSSR count). The summed E-state index contributed by atoms with van der Waals surface area (Å²) in [4.78, 5) is 12.4. The number of benzene rings is 2. The molecule has 1 unspecified atom stereocenters. The third kappa shape index (κ3) is 2.74. The lowest BCUT2D eigenvalue weighted by Gasteiger charge is -2.12. The maximum absolute atomic E-state index is 13.9. The van der Waals surface area contributed by atoms with Crippen molar-refractivity contribution in [1.29, 1.82) is 5.26 Å². The first kappa shape index (κ1) is 14.7. The predicted molar refractivity (Wildman–Crippen MR) is 78.2 cm³/mol. The lowest BCUT2D eigenvalue weighted by molar-refractivity contribution is 0.0976. The number of Topliss-reactive ketones (excluding diaryl/α,β-unsaturated/α-hetero) is 1. The average Bonchev–Trinajstić information content (AvgIpc) is 2.43. The normalized spacial score (nSPS) is 11.7. The summed E-state index contributed by atoms with van der Waals surface area (Å²) < 4.78 is 14.4. The van der Waals surface area contributed by atoms with Crippen molar-refractivity contribution in [2.75, 3.05) is 0 Å². The molecule has 0 bridgehead atoms. The number of rotatable bonds is 3. The van der Waals surface area contributed by atoms with Gasteiger partial charge in [0.05, 0.1) is 6.07 Å². The lowest BCUT2D eigenvalue weighted by Crippen LogP contribution is -2.14. The van der Waals surface area contributed by atoms with E-state index in [4.69, 9.17) is 11.6 Å². The van der Waals surface area contributed by atoms with Gasteiger partial charge in [0.2, 0.25) is 0 Å². The minimum absolute atomic E-state index is 0.0666. The molecule has 0 amide bonds. The fraction of sp³-hybridized carbons (Fsp3) is 0.0667. The van der Waals surface area contributed by atoms with Gasteiger partial charge in [-0.15, -0.1) is 0 Å². The molecule has 1 atom stereocenters. The highest BCUT2D eigenvalue weighted by molar-refractivity contribution is 9.10. The van der Waals surface area contributed by atoms with Gasteiger partial charge in [-0.3, -0.25) is 4.79 Å². The second-order valence-electron chi connectivity index (χ2n) is 4.04. The number of carbonyl (C=O) groups is 1. The van der Waals surface area contributed by atoms with Crippen molar-refractivity contribution in [3.63, 3.8) is 0 Å². The van der Waals surface area contributed by atoms with Crippen LogP contribution in [0, 0.1) is 17.1 Å². The molecule has 0 fully saturated rings. The topological polar surface area (TPSA) is 40.9 Å². The van der Waals surface area contributed by atoms with E-state index in [9.17, 15) is 14.4 Å². The molecule has 2 aromatic rings. The summed E-state index contributed by atoms with van der Waals surface area (Å²) in [7, 11) is 0. The van der Waals surface area contributed by atoms with Gasteiger partial charge in [0, 0.05) is 20.6 Å². The number of carbonyl (C=O) groups excluding carboxylic acids is 1. The van der Waals surface area contributed by atoms with Gasteiger partial charge >= 0.3 is 0 Å². The molecule has 0 aliphatic heterocycles. The molecule has 0 radical (unpaired) electrons. The van der Waals surface area contributed by atoms with Crippen LogP contribution in [-0.4, -0.2) is 5.78 Å². The molecule has 0 aliphatic carbocycles. The van der Waals surface area contributed by atoms with E-state index in [1.54, 1.807) is 24.3 Å². The zero-order chi connectivity index (χ0) is 14.7. The summed E-state index contributed by atoms with van der Waals surface area (Å²) in [5.74, 6) is -2.43. The van der Waals surface area contributed by atoms with E-state index < -0.39 is 17.5 Å². The molecule has 0 aliphatic rings. The second kappa shape index (κ2) is 6.17. The molecule has 0 saturated heterocycles. The Morgan fingerprint density at radius 1 is 1.25 bits per heavy atom. The predicted octanol–water partition coefficient (Wildman–Crippen LogP) is 4.73. The third-order valence-electron chi connectivity index (χ3n) is 2.82. The molecular weight excluding hydrogens is 345 g/mol. The molecule has 20 heavy (non-hydrogen) atoms. The van der Waals surface area contributed by atoms with Crippen LogP contribution in [0.4, 0.5) is 4.39 Å². The van der Waals surface area contributed by atoms with Crippen LogP contribution in [0.2, 0.25) is 5.02 Å². The minimum Gasteiger partial charge on any atom is -0.292 e. The molecule has 2 nitrogen and oxygen atoms in total. The molecule has 0 N–H and O–H groups in total. The highest BCUT2D eigenvalue weighted by atomic mass is 79.9. The van der Waals surface area contributed by atoms with E-state index in [0.29, 0.717) is 10.0 Å². The quantitative estimate of drug-likeness (QED) is 0.749. The Balaban J connectivity index is 2.52. The fourth-order valence-corrected chi connectivity index (χ4v) is 2.61. The van der Waals surface area contributed by atoms with E-state index in [-0.39, 0.29) is 10.6 Å². The van der Waals surface area contributed by atoms with E-state index in [2.05, 4.69) is 15.9 Å². The van der Waals surface area contributed by atoms with Crippen molar-refractivity contribution in [2.24, 2.45) is 0 Å². The standard InChI is InChI=1S/C15H8BrClFNO/c16-11-5-2-1-4-9(11)15(20)10(8-19)14-12(17)6-3-7-13(14)18/h1-7,10H. The molecule has 0 aromatic heterocycles. The van der Waals surface area contributed by atoms with Crippen LogP contribution in [0.3, 0.4) is 0 Å². The van der Waals surface area contributed by atoms with Gasteiger partial charge in [-0.1, -0.05) is 51.8 Å². The first-order valence-corrected chi connectivity index (χ1v) is 6.85. The van der Waals surface area contributed by atoms with Crippen molar-refractivity contribution < 1.29 is 9.18 Å². The highest BCUT2D eigenvalue weighted by Crippen LogP contribution is 2.31. The van der Waals surface area contributed by atoms with Crippen LogP contribution in [0.25, 0.3) is 0 Å². The molecule has 0 heterocycles. The summed E-state index contributed by atoms with van der Waals surface area (Å²) in [6, 6.07) is 12.6. The zero-order valence-electron chi connectivity index (χ0n) is 10.1. The number of nitrogens with zero attached hydrogens (tertiary/aromatic N) is 1. The van der Waals surface area contributed by atoms with Crippen molar-refractivity contribution in [3.05, 3.63) is 68.9 Å². The molecule has 0 spiro atoms. The van der Waals surface area contributed by atoms with Crippen LogP contribution in [0.1, 0.15) is 21.8 Å². The molecule has 0 saturated carbocycles. The fourth-order valence-electron chi connectivity index (χ4n) is 1.86. The first-order valence-electron chi connectivity index (χ1n) is 5.68. The van der Waals surface area contributed by atoms with Gasteiger partial charge < -0.3 is 0 Å². The van der Waals surface area contributed by atoms with Gasteiger partial charge in [0.15, 0.2) is 5.78 Å². The van der Waals surface area contributed by atoms with Gasteiger partial charge in [0.25, 0.3) is 0 Å². The van der Waals surface area contributed by atoms with Crippen LogP contribution in [0.5, 0.6) is 0 Å². The van der Waals surface area contributed by atoms with Crippen molar-refractivity contribution in [2.45, 2.75) is 5.92 Å². The Labute approximate surface area is 128 Å². The van der Waals surface area contributed by atoms with E-state index >= 15 is 0 Å². The monoisotopic (exact) mass is 351 g/mol. The number of halogens is 3. The largest absolute Gasteiger partial charge is 0.292 e. The number of nitriles is 1. The minimum atomic E-state index is -1.28. The van der Waals surface area contributed by atoms with Gasteiger partial charge in [-0.25, -0.2) is 4.39 Å².